The molecule has 2 heterocycles. The molecular weight excluding hydrogens is 411 g/mol. The predicted octanol–water partition coefficient (Wildman–Crippen LogP) is 4.56. The smallest absolute Gasteiger partial charge is 0.428 e. The Labute approximate surface area is 177 Å². The van der Waals surface area contributed by atoms with E-state index in [4.69, 9.17) is 4.74 Å². The number of ether oxygens (including phenoxy) is 1. The summed E-state index contributed by atoms with van der Waals surface area (Å²) in [5.74, 6) is 0.0761. The Hall–Kier alpha value is -3.23. The van der Waals surface area contributed by atoms with E-state index in [-0.39, 0.29) is 11.7 Å². The number of carbonyl (C=O) groups excluding carboxylic acids is 2. The van der Waals surface area contributed by atoms with Crippen LogP contribution in [0.25, 0.3) is 0 Å². The van der Waals surface area contributed by atoms with Gasteiger partial charge in [-0.1, -0.05) is 24.3 Å². The van der Waals surface area contributed by atoms with E-state index in [1.165, 1.54) is 11.0 Å². The molecular formula is C22H22F3N3O3. The van der Waals surface area contributed by atoms with Gasteiger partial charge in [0.2, 0.25) is 11.5 Å². The van der Waals surface area contributed by atoms with Crippen molar-refractivity contribution in [2.75, 3.05) is 17.3 Å². The number of para-hydroxylation sites is 1. The number of benzene rings is 2. The van der Waals surface area contributed by atoms with Gasteiger partial charge < -0.3 is 20.3 Å². The second-order valence-corrected chi connectivity index (χ2v) is 8.02. The Balaban J connectivity index is 1.54. The molecule has 3 amide bonds. The second-order valence-electron chi connectivity index (χ2n) is 8.02. The monoisotopic (exact) mass is 433 g/mol. The van der Waals surface area contributed by atoms with Gasteiger partial charge in [-0.2, -0.15) is 13.2 Å². The lowest BCUT2D eigenvalue weighted by Gasteiger charge is -2.40. The van der Waals surface area contributed by atoms with Crippen molar-refractivity contribution in [1.82, 2.24) is 5.32 Å². The summed E-state index contributed by atoms with van der Waals surface area (Å²) in [4.78, 5) is 26.1. The van der Waals surface area contributed by atoms with E-state index in [1.54, 1.807) is 37.4 Å². The topological polar surface area (TPSA) is 70.7 Å². The van der Waals surface area contributed by atoms with Gasteiger partial charge in [0.1, 0.15) is 5.75 Å². The maximum absolute atomic E-state index is 13.6. The third-order valence-corrected chi connectivity index (χ3v) is 5.82. The summed E-state index contributed by atoms with van der Waals surface area (Å²) in [7, 11) is 1.67. The van der Waals surface area contributed by atoms with Crippen molar-refractivity contribution in [2.24, 2.45) is 0 Å². The van der Waals surface area contributed by atoms with E-state index >= 15 is 0 Å². The maximum Gasteiger partial charge on any atom is 0.428 e. The van der Waals surface area contributed by atoms with Crippen molar-refractivity contribution in [3.05, 3.63) is 53.6 Å². The van der Waals surface area contributed by atoms with Crippen molar-refractivity contribution < 1.29 is 27.5 Å². The van der Waals surface area contributed by atoms with E-state index in [1.807, 2.05) is 6.07 Å². The van der Waals surface area contributed by atoms with Crippen LogP contribution in [-0.4, -0.2) is 30.8 Å². The van der Waals surface area contributed by atoms with Gasteiger partial charge in [0.25, 0.3) is 0 Å². The Morgan fingerprint density at radius 3 is 2.68 bits per heavy atom. The number of amides is 3. The Bertz CT molecular complexity index is 1040. The van der Waals surface area contributed by atoms with Crippen LogP contribution in [0.3, 0.4) is 0 Å². The van der Waals surface area contributed by atoms with Gasteiger partial charge in [-0.25, -0.2) is 4.79 Å². The zero-order chi connectivity index (χ0) is 22.4. The summed E-state index contributed by atoms with van der Waals surface area (Å²) < 4.78 is 46.1. The number of alkyl halides is 3. The fraction of sp³-hybridized carbons (Fsp3) is 0.364. The maximum atomic E-state index is 13.6. The number of aryl methyl sites for hydroxylation is 1. The van der Waals surface area contributed by atoms with Crippen LogP contribution in [0.2, 0.25) is 0 Å². The van der Waals surface area contributed by atoms with Crippen LogP contribution in [0.5, 0.6) is 5.75 Å². The molecule has 0 aliphatic carbocycles. The van der Waals surface area contributed by atoms with E-state index in [2.05, 4.69) is 10.6 Å². The molecule has 0 spiro atoms. The van der Waals surface area contributed by atoms with Crippen LogP contribution in [0.1, 0.15) is 36.9 Å². The summed E-state index contributed by atoms with van der Waals surface area (Å²) in [5.41, 5.74) is 0.197. The molecule has 31 heavy (non-hydrogen) atoms. The van der Waals surface area contributed by atoms with Crippen LogP contribution >= 0.6 is 0 Å². The van der Waals surface area contributed by atoms with Gasteiger partial charge in [-0.3, -0.25) is 4.79 Å². The molecule has 164 valence electrons. The molecule has 0 bridgehead atoms. The number of halogens is 3. The molecule has 2 atom stereocenters. The zero-order valence-corrected chi connectivity index (χ0v) is 17.0. The van der Waals surface area contributed by atoms with Crippen LogP contribution in [0.4, 0.5) is 29.3 Å². The number of nitrogens with one attached hydrogen (secondary N) is 2. The fourth-order valence-electron chi connectivity index (χ4n) is 3.98. The molecule has 2 aromatic carbocycles. The predicted molar refractivity (Wildman–Crippen MR) is 109 cm³/mol. The molecule has 6 nitrogen and oxygen atoms in total. The molecule has 2 aliphatic heterocycles. The molecule has 0 saturated carbocycles. The lowest BCUT2D eigenvalue weighted by atomic mass is 9.88. The minimum absolute atomic E-state index is 0.0145. The van der Waals surface area contributed by atoms with Crippen molar-refractivity contribution in [3.8, 4) is 5.75 Å². The number of hydrogen-bond donors (Lipinski definition) is 2. The number of urea groups is 1. The Morgan fingerprint density at radius 2 is 1.94 bits per heavy atom. The third-order valence-electron chi connectivity index (χ3n) is 5.82. The number of nitrogens with zero attached hydrogens (tertiary/aromatic N) is 1. The first-order valence-electron chi connectivity index (χ1n) is 9.89. The number of rotatable bonds is 2. The van der Waals surface area contributed by atoms with E-state index in [0.29, 0.717) is 29.8 Å². The summed E-state index contributed by atoms with van der Waals surface area (Å²) >= 11 is 0. The molecule has 2 aliphatic rings. The highest BCUT2D eigenvalue weighted by Gasteiger charge is 2.57. The molecule has 0 unspecified atom stereocenters. The van der Waals surface area contributed by atoms with Crippen LogP contribution in [-0.2, 0) is 11.2 Å². The van der Waals surface area contributed by atoms with E-state index in [0.717, 1.165) is 12.5 Å². The molecule has 0 fully saturated rings. The highest BCUT2D eigenvalue weighted by atomic mass is 19.4. The van der Waals surface area contributed by atoms with Gasteiger partial charge in [-0.05, 0) is 37.1 Å². The van der Waals surface area contributed by atoms with Gasteiger partial charge in [0.05, 0.1) is 6.04 Å². The second kappa shape index (κ2) is 7.47. The molecule has 0 saturated heterocycles. The zero-order valence-electron chi connectivity index (χ0n) is 17.0. The van der Waals surface area contributed by atoms with Crippen molar-refractivity contribution in [3.63, 3.8) is 0 Å². The van der Waals surface area contributed by atoms with Gasteiger partial charge in [0, 0.05) is 36.8 Å². The van der Waals surface area contributed by atoms with Crippen molar-refractivity contribution >= 4 is 23.3 Å². The first-order valence-corrected chi connectivity index (χ1v) is 9.89. The van der Waals surface area contributed by atoms with Crippen LogP contribution in [0.15, 0.2) is 42.5 Å². The third kappa shape index (κ3) is 3.92. The average Bonchev–Trinajstić information content (AvgIpc) is 2.70. The summed E-state index contributed by atoms with van der Waals surface area (Å²) in [6.45, 7) is 0.978. The van der Waals surface area contributed by atoms with Crippen LogP contribution < -0.4 is 20.3 Å². The largest absolute Gasteiger partial charge is 0.478 e. The van der Waals surface area contributed by atoms with Gasteiger partial charge >= 0.3 is 12.2 Å². The summed E-state index contributed by atoms with van der Waals surface area (Å²) in [6, 6.07) is 10.1. The van der Waals surface area contributed by atoms with E-state index in [9.17, 15) is 22.8 Å². The fourth-order valence-corrected chi connectivity index (χ4v) is 3.98. The van der Waals surface area contributed by atoms with E-state index < -0.39 is 30.3 Å². The quantitative estimate of drug-likeness (QED) is 0.729. The highest BCUT2D eigenvalue weighted by molar-refractivity contribution is 5.97. The first kappa shape index (κ1) is 21.0. The minimum atomic E-state index is -4.60. The lowest BCUT2D eigenvalue weighted by molar-refractivity contribution is -0.249. The molecule has 2 aromatic rings. The van der Waals surface area contributed by atoms with Crippen LogP contribution in [0, 0.1) is 0 Å². The number of carbonyl (C=O) groups is 2. The molecule has 9 heteroatoms. The van der Waals surface area contributed by atoms with Gasteiger partial charge in [0.15, 0.2) is 0 Å². The first-order chi connectivity index (χ1) is 14.6. The lowest BCUT2D eigenvalue weighted by Crippen LogP contribution is -2.53. The summed E-state index contributed by atoms with van der Waals surface area (Å²) in [5, 5.41) is 5.30. The number of fused-ring (bicyclic) bond motifs is 2. The Kier molecular flexibility index (Phi) is 5.07. The molecule has 0 radical (unpaired) electrons. The van der Waals surface area contributed by atoms with Crippen molar-refractivity contribution in [2.45, 2.75) is 44.0 Å². The minimum Gasteiger partial charge on any atom is -0.478 e. The normalized spacial score (nSPS) is 22.8. The molecule has 2 N–H and O–H groups in total. The van der Waals surface area contributed by atoms with Crippen molar-refractivity contribution in [1.29, 1.82) is 0 Å². The standard InChI is InChI=1S/C22H22F3N3O3/c1-21(22(23,24)25)12-16(15-5-3-4-6-18(15)31-21)27-20(30)26-14-9-7-13-8-10-19(29)28(2)17(13)11-14/h3-7,9,11,16H,8,10,12H2,1-2H3,(H2,26,27,30)/t16-,21-/m1/s1. The molecule has 0 aromatic heterocycles. The average molecular weight is 433 g/mol. The molecule has 4 rings (SSSR count). The number of anilines is 2. The Morgan fingerprint density at radius 1 is 1.19 bits per heavy atom. The SMILES string of the molecule is CN1C(=O)CCc2ccc(NC(=O)N[C@@H]3C[C@](C)(C(F)(F)F)Oc4ccccc43)cc21. The van der Waals surface area contributed by atoms with Gasteiger partial charge in [-0.15, -0.1) is 0 Å². The number of hydrogen-bond acceptors (Lipinski definition) is 3. The summed E-state index contributed by atoms with van der Waals surface area (Å²) in [6.07, 6.45) is -4.01. The highest BCUT2D eigenvalue weighted by Crippen LogP contribution is 2.46.